The van der Waals surface area contributed by atoms with E-state index in [1.807, 2.05) is 0 Å². The third-order valence-corrected chi connectivity index (χ3v) is 7.11. The molecule has 3 saturated heterocycles. The zero-order valence-electron chi connectivity index (χ0n) is 12.1. The van der Waals surface area contributed by atoms with Crippen LogP contribution in [0, 0.1) is 5.92 Å². The van der Waals surface area contributed by atoms with E-state index in [1.54, 1.807) is 0 Å². The number of fused-ring (bicyclic) bond motifs is 1. The first-order valence-electron chi connectivity index (χ1n) is 7.17. The van der Waals surface area contributed by atoms with Gasteiger partial charge in [0.2, 0.25) is 0 Å². The summed E-state index contributed by atoms with van der Waals surface area (Å²) in [7, 11) is -2.51. The Hall–Kier alpha value is -1.15. The van der Waals surface area contributed by atoms with Gasteiger partial charge in [-0.2, -0.15) is 0 Å². The molecule has 3 aliphatic heterocycles. The van der Waals surface area contributed by atoms with Crippen LogP contribution in [0.2, 0.25) is 0 Å². The van der Waals surface area contributed by atoms with Gasteiger partial charge < -0.3 is 14.4 Å². The lowest BCUT2D eigenvalue weighted by Crippen LogP contribution is -2.60. The summed E-state index contributed by atoms with van der Waals surface area (Å²) in [5.74, 6) is -1.95. The fraction of sp³-hybridized carbons (Fsp3) is 0.846. The number of rotatable bonds is 3. The van der Waals surface area contributed by atoms with Crippen LogP contribution in [0.25, 0.3) is 0 Å². The van der Waals surface area contributed by atoms with Crippen molar-refractivity contribution in [3.8, 4) is 0 Å². The lowest BCUT2D eigenvalue weighted by molar-refractivity contribution is -0.170. The molecule has 0 aromatic carbocycles. The van der Waals surface area contributed by atoms with Crippen molar-refractivity contribution in [2.24, 2.45) is 5.92 Å². The van der Waals surface area contributed by atoms with E-state index < -0.39 is 38.3 Å². The first-order chi connectivity index (χ1) is 9.84. The van der Waals surface area contributed by atoms with Crippen LogP contribution in [-0.4, -0.2) is 55.3 Å². The number of piperidine rings is 2. The molecule has 0 radical (unpaired) electrons. The minimum absolute atomic E-state index is 0.134. The summed E-state index contributed by atoms with van der Waals surface area (Å²) in [5.41, 5.74) is -1.13. The molecule has 21 heavy (non-hydrogen) atoms. The molecule has 3 unspecified atom stereocenters. The Morgan fingerprint density at radius 3 is 2.81 bits per heavy atom. The summed E-state index contributed by atoms with van der Waals surface area (Å²) in [6, 6.07) is 0. The minimum Gasteiger partial charge on any atom is -0.469 e. The highest BCUT2D eigenvalue weighted by molar-refractivity contribution is 7.93. The van der Waals surface area contributed by atoms with E-state index in [1.165, 1.54) is 18.9 Å². The number of ether oxygens (including phenoxy) is 2. The van der Waals surface area contributed by atoms with Gasteiger partial charge in [0.1, 0.15) is 5.92 Å². The van der Waals surface area contributed by atoms with Gasteiger partial charge in [-0.1, -0.05) is 6.92 Å². The Kier molecular flexibility index (Phi) is 3.11. The van der Waals surface area contributed by atoms with Gasteiger partial charge in [-0.3, -0.25) is 9.59 Å². The maximum absolute atomic E-state index is 12.6. The van der Waals surface area contributed by atoms with Crippen molar-refractivity contribution in [2.75, 3.05) is 19.4 Å². The monoisotopic (exact) mass is 317 g/mol. The minimum atomic E-state index is -3.78. The molecule has 7 nitrogen and oxygen atoms in total. The zero-order valence-corrected chi connectivity index (χ0v) is 12.9. The normalized spacial score (nSPS) is 38.5. The third kappa shape index (κ3) is 1.60. The van der Waals surface area contributed by atoms with Crippen LogP contribution in [-0.2, 0) is 28.9 Å². The molecular formula is C13H19NO6S. The standard InChI is InChI=1S/C13H19NO6S/c1-3-21(17,18)13-8-9(10(15)19-2)12(20-13)6-4-5-7-14(12)11(13)16/h9H,3-8H2,1-2H3. The second kappa shape index (κ2) is 4.42. The molecular weight excluding hydrogens is 298 g/mol. The Balaban J connectivity index is 2.14. The molecule has 0 aromatic heterocycles. The smallest absolute Gasteiger partial charge is 0.313 e. The maximum atomic E-state index is 12.6. The first kappa shape index (κ1) is 14.8. The van der Waals surface area contributed by atoms with Gasteiger partial charge in [-0.15, -0.1) is 0 Å². The third-order valence-electron chi connectivity index (χ3n) is 4.92. The summed E-state index contributed by atoms with van der Waals surface area (Å²) in [5, 5.41) is 0. The SMILES string of the molecule is CCS(=O)(=O)C12CC(C(=O)OC)C3(CCCCN3C1=O)O2. The highest BCUT2D eigenvalue weighted by Crippen LogP contribution is 2.58. The van der Waals surface area contributed by atoms with Crippen molar-refractivity contribution in [3.63, 3.8) is 0 Å². The van der Waals surface area contributed by atoms with Crippen LogP contribution in [0.1, 0.15) is 32.6 Å². The van der Waals surface area contributed by atoms with Crippen LogP contribution in [0.3, 0.4) is 0 Å². The van der Waals surface area contributed by atoms with E-state index in [-0.39, 0.29) is 12.2 Å². The molecule has 2 bridgehead atoms. The van der Waals surface area contributed by atoms with Crippen LogP contribution in [0.5, 0.6) is 0 Å². The molecule has 0 saturated carbocycles. The molecule has 3 rings (SSSR count). The lowest BCUT2D eigenvalue weighted by atomic mass is 9.82. The average Bonchev–Trinajstić information content (AvgIpc) is 2.96. The summed E-state index contributed by atoms with van der Waals surface area (Å²) in [4.78, 5) is 24.3. The molecule has 3 aliphatic rings. The number of sulfone groups is 1. The number of carbonyl (C=O) groups excluding carboxylic acids is 2. The number of methoxy groups -OCH3 is 1. The van der Waals surface area contributed by atoms with Gasteiger partial charge in [0.25, 0.3) is 10.8 Å². The topological polar surface area (TPSA) is 90.0 Å². The second-order valence-corrected chi connectivity index (χ2v) is 8.26. The van der Waals surface area contributed by atoms with Crippen LogP contribution in [0.15, 0.2) is 0 Å². The van der Waals surface area contributed by atoms with Gasteiger partial charge in [0.15, 0.2) is 15.6 Å². The van der Waals surface area contributed by atoms with E-state index in [0.717, 1.165) is 12.8 Å². The Labute approximate surface area is 123 Å². The summed E-state index contributed by atoms with van der Waals surface area (Å²) >= 11 is 0. The van der Waals surface area contributed by atoms with Crippen molar-refractivity contribution in [1.29, 1.82) is 0 Å². The van der Waals surface area contributed by atoms with Gasteiger partial charge in [-0.25, -0.2) is 8.42 Å². The van der Waals surface area contributed by atoms with Crippen LogP contribution in [0.4, 0.5) is 0 Å². The summed E-state index contributed by atoms with van der Waals surface area (Å²) in [6.45, 7) is 1.91. The van der Waals surface area contributed by atoms with Crippen molar-refractivity contribution < 1.29 is 27.5 Å². The molecule has 3 heterocycles. The molecule has 0 N–H and O–H groups in total. The molecule has 1 spiro atoms. The fourth-order valence-electron chi connectivity index (χ4n) is 3.84. The summed E-state index contributed by atoms with van der Waals surface area (Å²) < 4.78 is 35.6. The first-order valence-corrected chi connectivity index (χ1v) is 8.82. The fourth-order valence-corrected chi connectivity index (χ4v) is 5.38. The number of carbonyl (C=O) groups is 2. The highest BCUT2D eigenvalue weighted by Gasteiger charge is 2.77. The van der Waals surface area contributed by atoms with E-state index in [4.69, 9.17) is 9.47 Å². The lowest BCUT2D eigenvalue weighted by Gasteiger charge is -2.43. The zero-order chi connectivity index (χ0) is 15.5. The van der Waals surface area contributed by atoms with Crippen molar-refractivity contribution in [1.82, 2.24) is 4.90 Å². The highest BCUT2D eigenvalue weighted by atomic mass is 32.2. The van der Waals surface area contributed by atoms with Gasteiger partial charge in [0, 0.05) is 13.0 Å². The van der Waals surface area contributed by atoms with E-state index in [2.05, 4.69) is 0 Å². The molecule has 0 aliphatic carbocycles. The Morgan fingerprint density at radius 1 is 1.48 bits per heavy atom. The Bertz CT molecular complexity index is 602. The molecule has 118 valence electrons. The number of nitrogens with zero attached hydrogens (tertiary/aromatic N) is 1. The number of esters is 1. The number of amides is 1. The van der Waals surface area contributed by atoms with E-state index >= 15 is 0 Å². The Morgan fingerprint density at radius 2 is 2.19 bits per heavy atom. The largest absolute Gasteiger partial charge is 0.469 e. The van der Waals surface area contributed by atoms with E-state index in [0.29, 0.717) is 13.0 Å². The molecule has 3 atom stereocenters. The number of hydrogen-bond acceptors (Lipinski definition) is 6. The molecule has 0 aromatic rings. The molecule has 3 fully saturated rings. The van der Waals surface area contributed by atoms with Gasteiger partial charge in [0.05, 0.1) is 12.9 Å². The average molecular weight is 317 g/mol. The van der Waals surface area contributed by atoms with Crippen molar-refractivity contribution in [2.45, 2.75) is 43.3 Å². The van der Waals surface area contributed by atoms with Crippen LogP contribution >= 0.6 is 0 Å². The number of hydrogen-bond donors (Lipinski definition) is 0. The molecule has 8 heteroatoms. The maximum Gasteiger partial charge on any atom is 0.313 e. The second-order valence-electron chi connectivity index (χ2n) is 5.80. The van der Waals surface area contributed by atoms with Crippen molar-refractivity contribution >= 4 is 21.7 Å². The van der Waals surface area contributed by atoms with Crippen LogP contribution < -0.4 is 0 Å². The predicted octanol–water partition coefficient (Wildman–Crippen LogP) is 0.0493. The predicted molar refractivity (Wildman–Crippen MR) is 71.7 cm³/mol. The molecule has 1 amide bonds. The summed E-state index contributed by atoms with van der Waals surface area (Å²) in [6.07, 6.45) is 1.91. The quantitative estimate of drug-likeness (QED) is 0.683. The van der Waals surface area contributed by atoms with E-state index in [9.17, 15) is 18.0 Å². The van der Waals surface area contributed by atoms with Crippen molar-refractivity contribution in [3.05, 3.63) is 0 Å². The van der Waals surface area contributed by atoms with Gasteiger partial charge in [-0.05, 0) is 19.3 Å². The van der Waals surface area contributed by atoms with Gasteiger partial charge >= 0.3 is 5.97 Å².